The van der Waals surface area contributed by atoms with Gasteiger partial charge in [-0.3, -0.25) is 9.69 Å². The van der Waals surface area contributed by atoms with Crippen LogP contribution in [0.3, 0.4) is 0 Å². The average molecular weight is 422 g/mol. The molecule has 1 unspecified atom stereocenters. The minimum Gasteiger partial charge on any atom is -0.492 e. The molecule has 0 radical (unpaired) electrons. The number of imidazole rings is 1. The number of ether oxygens (including phenoxy) is 1. The molecule has 3 aromatic rings. The lowest BCUT2D eigenvalue weighted by molar-refractivity contribution is -0.125. The smallest absolute Gasteiger partial charge is 0.237 e. The molecule has 0 aliphatic carbocycles. The second kappa shape index (κ2) is 9.83. The van der Waals surface area contributed by atoms with E-state index in [0.29, 0.717) is 13.2 Å². The van der Waals surface area contributed by atoms with Crippen molar-refractivity contribution in [2.24, 2.45) is 0 Å². The summed E-state index contributed by atoms with van der Waals surface area (Å²) in [5.74, 6) is 1.79. The minimum atomic E-state index is -0.172. The molecule has 0 bridgehead atoms. The maximum Gasteiger partial charge on any atom is 0.237 e. The molecule has 1 atom stereocenters. The molecule has 2 aromatic carbocycles. The third-order valence-corrected chi connectivity index (χ3v) is 5.79. The Balaban J connectivity index is 1.24. The van der Waals surface area contributed by atoms with Gasteiger partial charge in [-0.05, 0) is 50.1 Å². The molecule has 0 saturated carbocycles. The first-order chi connectivity index (χ1) is 15.1. The van der Waals surface area contributed by atoms with Crippen LogP contribution in [0.5, 0.6) is 5.75 Å². The third kappa shape index (κ3) is 5.35. The van der Waals surface area contributed by atoms with Crippen LogP contribution >= 0.6 is 0 Å². The van der Waals surface area contributed by atoms with Gasteiger partial charge >= 0.3 is 0 Å². The van der Waals surface area contributed by atoms with Gasteiger partial charge in [0.25, 0.3) is 0 Å². The van der Waals surface area contributed by atoms with E-state index in [0.717, 1.165) is 60.9 Å². The molecule has 7 nitrogen and oxygen atoms in total. The maximum absolute atomic E-state index is 12.6. The van der Waals surface area contributed by atoms with Gasteiger partial charge in [0.05, 0.1) is 23.6 Å². The van der Waals surface area contributed by atoms with Crippen LogP contribution < -0.4 is 15.0 Å². The number of carbonyl (C=O) groups is 1. The highest BCUT2D eigenvalue weighted by molar-refractivity contribution is 5.81. The first kappa shape index (κ1) is 21.2. The fourth-order valence-electron chi connectivity index (χ4n) is 3.99. The van der Waals surface area contributed by atoms with Crippen molar-refractivity contribution in [1.29, 1.82) is 0 Å². The minimum absolute atomic E-state index is 0.0463. The second-order valence-electron chi connectivity index (χ2n) is 8.09. The van der Waals surface area contributed by atoms with Crippen LogP contribution in [0.25, 0.3) is 11.0 Å². The van der Waals surface area contributed by atoms with Crippen molar-refractivity contribution < 1.29 is 9.53 Å². The third-order valence-electron chi connectivity index (χ3n) is 5.79. The summed E-state index contributed by atoms with van der Waals surface area (Å²) in [4.78, 5) is 25.3. The zero-order valence-corrected chi connectivity index (χ0v) is 18.3. The number of para-hydroxylation sites is 2. The zero-order chi connectivity index (χ0) is 21.6. The van der Waals surface area contributed by atoms with Gasteiger partial charge in [-0.25, -0.2) is 4.98 Å². The lowest BCUT2D eigenvalue weighted by atomic mass is 10.2. The normalized spacial score (nSPS) is 16.1. The van der Waals surface area contributed by atoms with Gasteiger partial charge in [-0.2, -0.15) is 0 Å². The fraction of sp³-hybridized carbons (Fsp3) is 0.417. The second-order valence-corrected chi connectivity index (χ2v) is 8.09. The maximum atomic E-state index is 12.6. The highest BCUT2D eigenvalue weighted by Crippen LogP contribution is 2.19. The Bertz CT molecular complexity index is 985. The van der Waals surface area contributed by atoms with Crippen molar-refractivity contribution >= 4 is 22.9 Å². The van der Waals surface area contributed by atoms with Crippen LogP contribution in [0.2, 0.25) is 0 Å². The Kier molecular flexibility index (Phi) is 6.72. The van der Waals surface area contributed by atoms with Crippen LogP contribution in [0, 0.1) is 6.92 Å². The van der Waals surface area contributed by atoms with Gasteiger partial charge in [0.1, 0.15) is 12.4 Å². The number of anilines is 1. The quantitative estimate of drug-likeness (QED) is 0.574. The number of nitrogens with one attached hydrogen (secondary N) is 2. The average Bonchev–Trinajstić information content (AvgIpc) is 3.05. The van der Waals surface area contributed by atoms with Crippen LogP contribution in [-0.4, -0.2) is 66.1 Å². The molecule has 2 heterocycles. The van der Waals surface area contributed by atoms with E-state index in [2.05, 4.69) is 20.1 Å². The van der Waals surface area contributed by atoms with Crippen molar-refractivity contribution in [3.05, 3.63) is 54.1 Å². The number of hydrogen-bond donors (Lipinski definition) is 2. The Morgan fingerprint density at radius 1 is 1.16 bits per heavy atom. The lowest BCUT2D eigenvalue weighted by Gasteiger charge is -2.26. The van der Waals surface area contributed by atoms with Crippen LogP contribution in [0.1, 0.15) is 18.9 Å². The first-order valence-corrected chi connectivity index (χ1v) is 11.0. The largest absolute Gasteiger partial charge is 0.492 e. The molecule has 1 saturated heterocycles. The van der Waals surface area contributed by atoms with Crippen LogP contribution in [0.15, 0.2) is 48.5 Å². The number of benzene rings is 2. The molecule has 7 heteroatoms. The summed E-state index contributed by atoms with van der Waals surface area (Å²) in [6.07, 6.45) is 0.991. The summed E-state index contributed by atoms with van der Waals surface area (Å²) < 4.78 is 5.73. The Labute approximate surface area is 183 Å². The number of aromatic amines is 1. The van der Waals surface area contributed by atoms with Crippen molar-refractivity contribution in [3.63, 3.8) is 0 Å². The molecule has 1 fully saturated rings. The summed E-state index contributed by atoms with van der Waals surface area (Å²) in [6.45, 7) is 8.46. The summed E-state index contributed by atoms with van der Waals surface area (Å²) in [6, 6.07) is 15.8. The number of aromatic nitrogens is 2. The molecule has 1 aromatic heterocycles. The summed E-state index contributed by atoms with van der Waals surface area (Å²) in [5, 5.41) is 3.01. The van der Waals surface area contributed by atoms with Gasteiger partial charge in [0.15, 0.2) is 0 Å². The van der Waals surface area contributed by atoms with Gasteiger partial charge in [-0.1, -0.05) is 24.3 Å². The molecule has 164 valence electrons. The molecule has 2 N–H and O–H groups in total. The summed E-state index contributed by atoms with van der Waals surface area (Å²) in [5.41, 5.74) is 3.20. The number of H-pyrrole nitrogens is 1. The first-order valence-electron chi connectivity index (χ1n) is 11.0. The van der Waals surface area contributed by atoms with Crippen molar-refractivity contribution in [2.75, 3.05) is 44.2 Å². The van der Waals surface area contributed by atoms with E-state index in [-0.39, 0.29) is 11.9 Å². The topological polar surface area (TPSA) is 73.5 Å². The number of fused-ring (bicyclic) bond motifs is 1. The molecule has 1 aliphatic rings. The number of nitrogens with zero attached hydrogens (tertiary/aromatic N) is 3. The predicted molar refractivity (Wildman–Crippen MR) is 124 cm³/mol. The van der Waals surface area contributed by atoms with E-state index in [4.69, 9.17) is 9.72 Å². The molecule has 0 spiro atoms. The standard InChI is InChI=1S/C24H31N5O2/c1-18-7-5-8-20(17-18)31-16-11-25-23(30)19(2)28-12-6-13-29(15-14-28)24-26-21-9-3-4-10-22(21)27-24/h3-5,7-10,17,19H,6,11-16H2,1-2H3,(H,25,30)(H,26,27). The van der Waals surface area contributed by atoms with Crippen molar-refractivity contribution in [1.82, 2.24) is 20.2 Å². The van der Waals surface area contributed by atoms with Gasteiger partial charge in [0, 0.05) is 26.2 Å². The Morgan fingerprint density at radius 2 is 2.03 bits per heavy atom. The van der Waals surface area contributed by atoms with Crippen LogP contribution in [-0.2, 0) is 4.79 Å². The molecular formula is C24H31N5O2. The summed E-state index contributed by atoms with van der Waals surface area (Å²) >= 11 is 0. The highest BCUT2D eigenvalue weighted by atomic mass is 16.5. The lowest BCUT2D eigenvalue weighted by Crippen LogP contribution is -2.47. The predicted octanol–water partition coefficient (Wildman–Crippen LogP) is 2.97. The number of carbonyl (C=O) groups excluding carboxylic acids is 1. The van der Waals surface area contributed by atoms with E-state index in [9.17, 15) is 4.79 Å². The monoisotopic (exact) mass is 421 g/mol. The molecule has 4 rings (SSSR count). The fourth-order valence-corrected chi connectivity index (χ4v) is 3.99. The van der Waals surface area contributed by atoms with Gasteiger partial charge < -0.3 is 19.9 Å². The molecular weight excluding hydrogens is 390 g/mol. The zero-order valence-electron chi connectivity index (χ0n) is 18.3. The van der Waals surface area contributed by atoms with Crippen molar-refractivity contribution in [2.45, 2.75) is 26.3 Å². The SMILES string of the molecule is Cc1cccc(OCCNC(=O)C(C)N2CCCN(c3nc4ccccc4[nH]3)CC2)c1. The van der Waals surface area contributed by atoms with Gasteiger partial charge in [-0.15, -0.1) is 0 Å². The van der Waals surface area contributed by atoms with E-state index < -0.39 is 0 Å². The van der Waals surface area contributed by atoms with E-state index in [1.165, 1.54) is 0 Å². The number of amides is 1. The van der Waals surface area contributed by atoms with Crippen molar-refractivity contribution in [3.8, 4) is 5.75 Å². The van der Waals surface area contributed by atoms with E-state index in [1.807, 2.05) is 62.4 Å². The number of rotatable bonds is 7. The Hall–Kier alpha value is -3.06. The number of aryl methyl sites for hydroxylation is 1. The van der Waals surface area contributed by atoms with Gasteiger partial charge in [0.2, 0.25) is 11.9 Å². The molecule has 31 heavy (non-hydrogen) atoms. The molecule has 1 amide bonds. The summed E-state index contributed by atoms with van der Waals surface area (Å²) in [7, 11) is 0. The highest BCUT2D eigenvalue weighted by Gasteiger charge is 2.24. The van der Waals surface area contributed by atoms with E-state index in [1.54, 1.807) is 0 Å². The number of hydrogen-bond acceptors (Lipinski definition) is 5. The van der Waals surface area contributed by atoms with E-state index >= 15 is 0 Å². The van der Waals surface area contributed by atoms with Crippen LogP contribution in [0.4, 0.5) is 5.95 Å². The molecule has 1 aliphatic heterocycles. The Morgan fingerprint density at radius 3 is 2.87 bits per heavy atom.